The fourth-order valence-electron chi connectivity index (χ4n) is 1.76. The third kappa shape index (κ3) is 2.41. The molecule has 2 aromatic rings. The van der Waals surface area contributed by atoms with Crippen molar-refractivity contribution in [1.82, 2.24) is 4.57 Å². The predicted octanol–water partition coefficient (Wildman–Crippen LogP) is 2.21. The average Bonchev–Trinajstić information content (AvgIpc) is 2.72. The number of carbonyl (C=O) groups excluding carboxylic acids is 1. The van der Waals surface area contributed by atoms with E-state index in [1.807, 2.05) is 42.0 Å². The number of hydrogen-bond donors (Lipinski definition) is 0. The first-order chi connectivity index (χ1) is 8.24. The second kappa shape index (κ2) is 4.91. The minimum absolute atomic E-state index is 0.218. The summed E-state index contributed by atoms with van der Waals surface area (Å²) in [6.45, 7) is 2.79. The van der Waals surface area contributed by atoms with Crippen LogP contribution in [0.3, 0.4) is 0 Å². The van der Waals surface area contributed by atoms with Gasteiger partial charge in [-0.25, -0.2) is 0 Å². The zero-order valence-electron chi connectivity index (χ0n) is 9.97. The van der Waals surface area contributed by atoms with Crippen LogP contribution in [0.15, 0.2) is 30.5 Å². The molecule has 0 fully saturated rings. The maximum atomic E-state index is 11.3. The highest BCUT2D eigenvalue weighted by Gasteiger charge is 2.06. The van der Waals surface area contributed by atoms with Crippen LogP contribution in [0.25, 0.3) is 10.9 Å². The number of hydrogen-bond acceptors (Lipinski definition) is 3. The zero-order valence-corrected chi connectivity index (χ0v) is 9.97. The van der Waals surface area contributed by atoms with Crippen LogP contribution in [0.1, 0.15) is 6.92 Å². The van der Waals surface area contributed by atoms with Crippen molar-refractivity contribution >= 4 is 16.9 Å². The van der Waals surface area contributed by atoms with Crippen LogP contribution >= 0.6 is 0 Å². The first-order valence-corrected chi connectivity index (χ1v) is 5.53. The van der Waals surface area contributed by atoms with Gasteiger partial charge < -0.3 is 14.0 Å². The summed E-state index contributed by atoms with van der Waals surface area (Å²) in [6.07, 6.45) is 1.87. The van der Waals surface area contributed by atoms with Gasteiger partial charge in [-0.3, -0.25) is 4.79 Å². The minimum Gasteiger partial charge on any atom is -0.494 e. The van der Waals surface area contributed by atoms with Crippen molar-refractivity contribution in [2.75, 3.05) is 13.7 Å². The zero-order chi connectivity index (χ0) is 12.3. The molecule has 90 valence electrons. The van der Waals surface area contributed by atoms with Crippen molar-refractivity contribution in [3.63, 3.8) is 0 Å². The van der Waals surface area contributed by atoms with Gasteiger partial charge in [0, 0.05) is 12.3 Å². The van der Waals surface area contributed by atoms with Gasteiger partial charge in [-0.2, -0.15) is 0 Å². The summed E-state index contributed by atoms with van der Waals surface area (Å²) >= 11 is 0. The molecule has 4 heteroatoms. The highest BCUT2D eigenvalue weighted by molar-refractivity contribution is 5.83. The molecular formula is C13H15NO3. The first-order valence-electron chi connectivity index (χ1n) is 5.53. The van der Waals surface area contributed by atoms with Gasteiger partial charge in [0.05, 0.1) is 19.2 Å². The number of methoxy groups -OCH3 is 1. The lowest BCUT2D eigenvalue weighted by Crippen LogP contribution is -2.10. The summed E-state index contributed by atoms with van der Waals surface area (Å²) in [6, 6.07) is 7.80. The van der Waals surface area contributed by atoms with E-state index >= 15 is 0 Å². The SMILES string of the molecule is CCOc1ccc2ccn(CC(=O)OC)c2c1. The van der Waals surface area contributed by atoms with E-state index in [0.717, 1.165) is 16.7 Å². The average molecular weight is 233 g/mol. The number of aromatic nitrogens is 1. The number of benzene rings is 1. The van der Waals surface area contributed by atoms with Crippen molar-refractivity contribution in [2.45, 2.75) is 13.5 Å². The Kier molecular flexibility index (Phi) is 3.32. The van der Waals surface area contributed by atoms with Crippen LogP contribution in [0, 0.1) is 0 Å². The Morgan fingerprint density at radius 3 is 2.88 bits per heavy atom. The van der Waals surface area contributed by atoms with E-state index in [9.17, 15) is 4.79 Å². The van der Waals surface area contributed by atoms with Crippen LogP contribution in [0.2, 0.25) is 0 Å². The standard InChI is InChI=1S/C13H15NO3/c1-3-17-11-5-4-10-6-7-14(12(10)8-11)9-13(15)16-2/h4-8H,3,9H2,1-2H3. The fraction of sp³-hybridized carbons (Fsp3) is 0.308. The largest absolute Gasteiger partial charge is 0.494 e. The number of fused-ring (bicyclic) bond motifs is 1. The molecule has 0 N–H and O–H groups in total. The van der Waals surface area contributed by atoms with Crippen LogP contribution in [-0.4, -0.2) is 24.3 Å². The van der Waals surface area contributed by atoms with Crippen LogP contribution in [0.4, 0.5) is 0 Å². The summed E-state index contributed by atoms with van der Waals surface area (Å²) in [5, 5.41) is 1.08. The van der Waals surface area contributed by atoms with E-state index in [-0.39, 0.29) is 12.5 Å². The normalized spacial score (nSPS) is 10.5. The van der Waals surface area contributed by atoms with Gasteiger partial charge in [-0.15, -0.1) is 0 Å². The maximum Gasteiger partial charge on any atom is 0.325 e. The summed E-state index contributed by atoms with van der Waals surface area (Å²) in [4.78, 5) is 11.3. The van der Waals surface area contributed by atoms with E-state index in [4.69, 9.17) is 4.74 Å². The Balaban J connectivity index is 2.36. The molecule has 0 aliphatic rings. The molecule has 4 nitrogen and oxygen atoms in total. The fourth-order valence-corrected chi connectivity index (χ4v) is 1.76. The van der Waals surface area contributed by atoms with Crippen molar-refractivity contribution in [3.8, 4) is 5.75 Å². The number of carbonyl (C=O) groups is 1. The van der Waals surface area contributed by atoms with Crippen molar-refractivity contribution < 1.29 is 14.3 Å². The smallest absolute Gasteiger partial charge is 0.325 e. The number of ether oxygens (including phenoxy) is 2. The topological polar surface area (TPSA) is 40.5 Å². The Bertz CT molecular complexity index is 530. The molecule has 0 atom stereocenters. The molecule has 0 aliphatic carbocycles. The van der Waals surface area contributed by atoms with Crippen LogP contribution < -0.4 is 4.74 Å². The number of nitrogens with zero attached hydrogens (tertiary/aromatic N) is 1. The van der Waals surface area contributed by atoms with Crippen molar-refractivity contribution in [3.05, 3.63) is 30.5 Å². The van der Waals surface area contributed by atoms with E-state index in [1.165, 1.54) is 7.11 Å². The third-order valence-corrected chi connectivity index (χ3v) is 2.58. The predicted molar refractivity (Wildman–Crippen MR) is 65.1 cm³/mol. The Morgan fingerprint density at radius 2 is 2.18 bits per heavy atom. The molecule has 0 spiro atoms. The lowest BCUT2D eigenvalue weighted by atomic mass is 10.2. The monoisotopic (exact) mass is 233 g/mol. The second-order valence-electron chi connectivity index (χ2n) is 3.67. The van der Waals surface area contributed by atoms with Gasteiger partial charge in [-0.1, -0.05) is 0 Å². The molecule has 0 unspecified atom stereocenters. The summed E-state index contributed by atoms with van der Waals surface area (Å²) in [7, 11) is 1.39. The number of rotatable bonds is 4. The van der Waals surface area contributed by atoms with Crippen molar-refractivity contribution in [1.29, 1.82) is 0 Å². The first kappa shape index (κ1) is 11.5. The van der Waals surface area contributed by atoms with Gasteiger partial charge in [0.2, 0.25) is 0 Å². The molecule has 17 heavy (non-hydrogen) atoms. The van der Waals surface area contributed by atoms with Crippen LogP contribution in [0.5, 0.6) is 5.75 Å². The third-order valence-electron chi connectivity index (χ3n) is 2.58. The molecule has 0 radical (unpaired) electrons. The van der Waals surface area contributed by atoms with Gasteiger partial charge in [0.25, 0.3) is 0 Å². The lowest BCUT2D eigenvalue weighted by Gasteiger charge is -2.06. The summed E-state index contributed by atoms with van der Waals surface area (Å²) in [5.41, 5.74) is 0.973. The van der Waals surface area contributed by atoms with Gasteiger partial charge in [0.15, 0.2) is 0 Å². The van der Waals surface area contributed by atoms with Gasteiger partial charge in [0.1, 0.15) is 12.3 Å². The van der Waals surface area contributed by atoms with E-state index in [0.29, 0.717) is 6.61 Å². The second-order valence-corrected chi connectivity index (χ2v) is 3.67. The molecule has 0 bridgehead atoms. The van der Waals surface area contributed by atoms with Gasteiger partial charge >= 0.3 is 5.97 Å². The quantitative estimate of drug-likeness (QED) is 0.760. The molecule has 1 aromatic heterocycles. The van der Waals surface area contributed by atoms with Crippen molar-refractivity contribution in [2.24, 2.45) is 0 Å². The Labute approximate surface area is 99.7 Å². The Morgan fingerprint density at radius 1 is 1.35 bits per heavy atom. The molecular weight excluding hydrogens is 218 g/mol. The molecule has 1 heterocycles. The molecule has 0 aliphatic heterocycles. The molecule has 0 saturated heterocycles. The molecule has 2 rings (SSSR count). The molecule has 0 amide bonds. The lowest BCUT2D eigenvalue weighted by molar-refractivity contribution is -0.141. The number of esters is 1. The molecule has 1 aromatic carbocycles. The maximum absolute atomic E-state index is 11.3. The Hall–Kier alpha value is -1.97. The van der Waals surface area contributed by atoms with E-state index in [1.54, 1.807) is 0 Å². The minimum atomic E-state index is -0.260. The molecule has 0 saturated carbocycles. The van der Waals surface area contributed by atoms with Gasteiger partial charge in [-0.05, 0) is 30.5 Å². The summed E-state index contributed by atoms with van der Waals surface area (Å²) < 4.78 is 12.0. The van der Waals surface area contributed by atoms with E-state index in [2.05, 4.69) is 4.74 Å². The highest BCUT2D eigenvalue weighted by Crippen LogP contribution is 2.22. The van der Waals surface area contributed by atoms with E-state index < -0.39 is 0 Å². The highest BCUT2D eigenvalue weighted by atomic mass is 16.5. The van der Waals surface area contributed by atoms with Crippen LogP contribution in [-0.2, 0) is 16.1 Å². The summed E-state index contributed by atoms with van der Waals surface area (Å²) in [5.74, 6) is 0.550.